The lowest BCUT2D eigenvalue weighted by molar-refractivity contribution is 0.150. The number of hydrogen-bond acceptors (Lipinski definition) is 4. The Kier molecular flexibility index (Phi) is 9.90. The van der Waals surface area contributed by atoms with Crippen LogP contribution >= 0.6 is 11.6 Å². The summed E-state index contributed by atoms with van der Waals surface area (Å²) in [5.74, 6) is 0.838. The number of allylic oxidation sites excluding steroid dienone is 4. The second-order valence-electron chi connectivity index (χ2n) is 8.66. The van der Waals surface area contributed by atoms with Crippen LogP contribution in [0.15, 0.2) is 70.9 Å². The van der Waals surface area contributed by atoms with Gasteiger partial charge >= 0.3 is 0 Å². The molecule has 0 amide bonds. The molecular weight excluding hydrogens is 454 g/mol. The molecule has 0 N–H and O–H groups in total. The average molecular weight is 488 g/mol. The van der Waals surface area contributed by atoms with Gasteiger partial charge in [0, 0.05) is 23.2 Å². The van der Waals surface area contributed by atoms with E-state index in [1.807, 2.05) is 68.5 Å². The third-order valence-corrected chi connectivity index (χ3v) is 6.72. The van der Waals surface area contributed by atoms with Gasteiger partial charge in [-0.05, 0) is 81.8 Å². The average Bonchev–Trinajstić information content (AvgIpc) is 2.87. The first-order chi connectivity index (χ1) is 17.0. The van der Waals surface area contributed by atoms with Crippen molar-refractivity contribution < 1.29 is 4.74 Å². The van der Waals surface area contributed by atoms with Crippen LogP contribution in [0.3, 0.4) is 0 Å². The minimum absolute atomic E-state index is 0.460. The Labute approximate surface area is 214 Å². The first-order valence-corrected chi connectivity index (χ1v) is 12.6. The smallest absolute Gasteiger partial charge is 0.124 e. The van der Waals surface area contributed by atoms with Gasteiger partial charge in [-0.25, -0.2) is 0 Å². The number of nitriles is 1. The summed E-state index contributed by atoms with van der Waals surface area (Å²) in [6.45, 7) is 12.4. The van der Waals surface area contributed by atoms with Crippen LogP contribution in [0.5, 0.6) is 5.75 Å². The Morgan fingerprint density at radius 3 is 2.69 bits per heavy atom. The van der Waals surface area contributed by atoms with Crippen molar-refractivity contribution in [2.24, 2.45) is 4.99 Å². The number of nitrogens with zero attached hydrogens (tertiary/aromatic N) is 3. The first kappa shape index (κ1) is 26.5. The molecule has 0 aliphatic carbocycles. The molecule has 0 saturated carbocycles. The highest BCUT2D eigenvalue weighted by Crippen LogP contribution is 2.32. The Balaban J connectivity index is 1.95. The summed E-state index contributed by atoms with van der Waals surface area (Å²) in [7, 11) is 0. The fraction of sp³-hybridized carbons (Fsp3) is 0.333. The lowest BCUT2D eigenvalue weighted by atomic mass is 9.96. The molecule has 0 radical (unpaired) electrons. The van der Waals surface area contributed by atoms with E-state index in [9.17, 15) is 5.26 Å². The highest BCUT2D eigenvalue weighted by molar-refractivity contribution is 6.32. The minimum atomic E-state index is 0.460. The molecule has 2 aromatic rings. The number of hydrogen-bond donors (Lipinski definition) is 0. The molecule has 3 rings (SSSR count). The summed E-state index contributed by atoms with van der Waals surface area (Å²) in [4.78, 5) is 6.66. The molecule has 5 heteroatoms. The molecule has 1 atom stereocenters. The van der Waals surface area contributed by atoms with E-state index < -0.39 is 0 Å². The van der Waals surface area contributed by atoms with Gasteiger partial charge in [-0.2, -0.15) is 5.26 Å². The van der Waals surface area contributed by atoms with Crippen molar-refractivity contribution >= 4 is 30.0 Å². The lowest BCUT2D eigenvalue weighted by Gasteiger charge is -2.33. The van der Waals surface area contributed by atoms with E-state index >= 15 is 0 Å². The van der Waals surface area contributed by atoms with Crippen molar-refractivity contribution in [1.29, 1.82) is 5.26 Å². The van der Waals surface area contributed by atoms with E-state index in [1.54, 1.807) is 6.08 Å². The second kappa shape index (κ2) is 13.1. The molecule has 182 valence electrons. The molecule has 0 bridgehead atoms. The lowest BCUT2D eigenvalue weighted by Crippen LogP contribution is -2.36. The molecule has 1 heterocycles. The molecule has 1 fully saturated rings. The number of halogens is 1. The van der Waals surface area contributed by atoms with Gasteiger partial charge in [0.15, 0.2) is 0 Å². The van der Waals surface area contributed by atoms with Crippen molar-refractivity contribution in [3.05, 3.63) is 87.6 Å². The molecule has 1 aliphatic rings. The quantitative estimate of drug-likeness (QED) is 0.207. The summed E-state index contributed by atoms with van der Waals surface area (Å²) in [6.07, 6.45) is 9.33. The summed E-state index contributed by atoms with van der Waals surface area (Å²) < 4.78 is 6.00. The van der Waals surface area contributed by atoms with Crippen LogP contribution < -0.4 is 4.74 Å². The van der Waals surface area contributed by atoms with E-state index in [0.29, 0.717) is 28.9 Å². The highest BCUT2D eigenvalue weighted by Gasteiger charge is 2.20. The maximum absolute atomic E-state index is 9.95. The fourth-order valence-corrected chi connectivity index (χ4v) is 4.72. The zero-order valence-electron chi connectivity index (χ0n) is 20.9. The summed E-state index contributed by atoms with van der Waals surface area (Å²) in [5, 5.41) is 10.6. The third kappa shape index (κ3) is 6.72. The SMILES string of the molecule is C=NC(/C=C/c1cc(OCC)c(CN2CCCC[C@H]2C)cc1Cl)=C(C#N)\C(=C/C)c1ccccc1. The van der Waals surface area contributed by atoms with Gasteiger partial charge in [-0.3, -0.25) is 9.89 Å². The molecule has 2 aromatic carbocycles. The van der Waals surface area contributed by atoms with Crippen molar-refractivity contribution in [3.8, 4) is 11.8 Å². The Morgan fingerprint density at radius 2 is 2.06 bits per heavy atom. The number of piperidine rings is 1. The van der Waals surface area contributed by atoms with E-state index in [1.165, 1.54) is 19.3 Å². The monoisotopic (exact) mass is 487 g/mol. The summed E-state index contributed by atoms with van der Waals surface area (Å²) >= 11 is 6.72. The van der Waals surface area contributed by atoms with Crippen LogP contribution in [0.1, 0.15) is 56.7 Å². The first-order valence-electron chi connectivity index (χ1n) is 12.2. The minimum Gasteiger partial charge on any atom is -0.494 e. The number of ether oxygens (including phenoxy) is 1. The largest absolute Gasteiger partial charge is 0.494 e. The van der Waals surface area contributed by atoms with Gasteiger partial charge in [0.25, 0.3) is 0 Å². The zero-order chi connectivity index (χ0) is 25.2. The predicted molar refractivity (Wildman–Crippen MR) is 148 cm³/mol. The van der Waals surface area contributed by atoms with Crippen LogP contribution in [-0.2, 0) is 6.54 Å². The topological polar surface area (TPSA) is 48.6 Å². The molecule has 1 aliphatic heterocycles. The molecule has 0 aromatic heterocycles. The number of benzene rings is 2. The van der Waals surface area contributed by atoms with Crippen LogP contribution in [0.25, 0.3) is 11.6 Å². The molecule has 0 unspecified atom stereocenters. The van der Waals surface area contributed by atoms with Crippen molar-refractivity contribution in [3.63, 3.8) is 0 Å². The predicted octanol–water partition coefficient (Wildman–Crippen LogP) is 7.71. The third-order valence-electron chi connectivity index (χ3n) is 6.40. The van der Waals surface area contributed by atoms with Crippen molar-refractivity contribution in [1.82, 2.24) is 4.90 Å². The Morgan fingerprint density at radius 1 is 1.29 bits per heavy atom. The van der Waals surface area contributed by atoms with Gasteiger partial charge in [0.05, 0.1) is 17.9 Å². The summed E-state index contributed by atoms with van der Waals surface area (Å²) in [6, 6.07) is 16.6. The number of rotatable bonds is 9. The van der Waals surface area contributed by atoms with Crippen molar-refractivity contribution in [2.45, 2.75) is 52.6 Å². The molecule has 4 nitrogen and oxygen atoms in total. The van der Waals surface area contributed by atoms with Gasteiger partial charge in [-0.1, -0.05) is 60.5 Å². The molecule has 0 spiro atoms. The standard InChI is InChI=1S/C30H34ClN3O/c1-5-26(23-13-8-7-9-14-23)27(20-32)29(33-4)16-15-24-19-30(35-6-2)25(18-28(24)31)21-34-17-11-10-12-22(34)3/h5,7-9,13-16,18-19,22H,4,6,10-12,17,21H2,1-3H3/b16-15+,26-5-,29-27-/t22-/m1/s1. The zero-order valence-corrected chi connectivity index (χ0v) is 21.7. The van der Waals surface area contributed by atoms with E-state index in [0.717, 1.165) is 41.1 Å². The van der Waals surface area contributed by atoms with Crippen LogP contribution in [0.4, 0.5) is 0 Å². The van der Waals surface area contributed by atoms with Gasteiger partial charge in [0.2, 0.25) is 0 Å². The second-order valence-corrected chi connectivity index (χ2v) is 9.07. The van der Waals surface area contributed by atoms with E-state index in [2.05, 4.69) is 29.6 Å². The van der Waals surface area contributed by atoms with E-state index in [4.69, 9.17) is 16.3 Å². The molecular formula is C30H34ClN3O. The fourth-order valence-electron chi connectivity index (χ4n) is 4.48. The molecule has 35 heavy (non-hydrogen) atoms. The van der Waals surface area contributed by atoms with Crippen molar-refractivity contribution in [2.75, 3.05) is 13.2 Å². The Bertz CT molecular complexity index is 1160. The molecule has 1 saturated heterocycles. The number of likely N-dealkylation sites (tertiary alicyclic amines) is 1. The maximum Gasteiger partial charge on any atom is 0.124 e. The summed E-state index contributed by atoms with van der Waals surface area (Å²) in [5.41, 5.74) is 4.62. The highest BCUT2D eigenvalue weighted by atomic mass is 35.5. The van der Waals surface area contributed by atoms with Gasteiger partial charge in [-0.15, -0.1) is 0 Å². The van der Waals surface area contributed by atoms with Crippen LogP contribution in [-0.4, -0.2) is 30.8 Å². The van der Waals surface area contributed by atoms with Crippen LogP contribution in [0.2, 0.25) is 5.02 Å². The van der Waals surface area contributed by atoms with Crippen LogP contribution in [0, 0.1) is 11.3 Å². The van der Waals surface area contributed by atoms with Gasteiger partial charge < -0.3 is 4.74 Å². The normalized spacial score (nSPS) is 17.7. The van der Waals surface area contributed by atoms with E-state index in [-0.39, 0.29) is 0 Å². The Hall–Kier alpha value is -3.13. The van der Waals surface area contributed by atoms with Gasteiger partial charge in [0.1, 0.15) is 11.8 Å². The maximum atomic E-state index is 9.95. The number of aliphatic imine (C=N–C) groups is 1.